The molecule has 0 aliphatic heterocycles. The second-order valence-electron chi connectivity index (χ2n) is 6.92. The smallest absolute Gasteiger partial charge is 0.224 e. The van der Waals surface area contributed by atoms with Gasteiger partial charge in [-0.1, -0.05) is 57.0 Å². The lowest BCUT2D eigenvalue weighted by atomic mass is 9.73. The lowest BCUT2D eigenvalue weighted by Gasteiger charge is -2.39. The molecule has 0 bridgehead atoms. The molecule has 0 spiro atoms. The lowest BCUT2D eigenvalue weighted by molar-refractivity contribution is -0.126. The van der Waals surface area contributed by atoms with Crippen LogP contribution in [-0.2, 0) is 11.2 Å². The summed E-state index contributed by atoms with van der Waals surface area (Å²) in [6.07, 6.45) is 5.46. The number of nitrogens with two attached hydrogens (primary N) is 1. The zero-order chi connectivity index (χ0) is 15.3. The quantitative estimate of drug-likeness (QED) is 0.875. The van der Waals surface area contributed by atoms with E-state index in [0.717, 1.165) is 12.8 Å². The van der Waals surface area contributed by atoms with E-state index in [2.05, 4.69) is 31.3 Å². The predicted molar refractivity (Wildman–Crippen MR) is 86.9 cm³/mol. The van der Waals surface area contributed by atoms with Gasteiger partial charge in [-0.15, -0.1) is 0 Å². The highest BCUT2D eigenvalue weighted by molar-refractivity contribution is 5.79. The predicted octanol–water partition coefficient (Wildman–Crippen LogP) is 2.89. The Labute approximate surface area is 128 Å². The van der Waals surface area contributed by atoms with Crippen molar-refractivity contribution in [3.63, 3.8) is 0 Å². The van der Waals surface area contributed by atoms with Crippen LogP contribution in [0.1, 0.15) is 45.1 Å². The number of carbonyl (C=O) groups excluding carboxylic acids is 1. The molecular weight excluding hydrogens is 260 g/mol. The Hall–Kier alpha value is -1.35. The van der Waals surface area contributed by atoms with Gasteiger partial charge in [0.25, 0.3) is 0 Å². The molecule has 1 amide bonds. The van der Waals surface area contributed by atoms with Gasteiger partial charge in [0.05, 0.1) is 5.92 Å². The molecule has 0 saturated heterocycles. The standard InChI is InChI=1S/C18H28N2O/c1-18(2)11-7-6-10-16(18)20-17(21)15(13-19)12-14-8-4-3-5-9-14/h3-5,8-9,15-16H,6-7,10-13,19H2,1-2H3,(H,20,21). The van der Waals surface area contributed by atoms with Crippen molar-refractivity contribution < 1.29 is 4.79 Å². The topological polar surface area (TPSA) is 55.1 Å². The van der Waals surface area contributed by atoms with Crippen LogP contribution in [0.5, 0.6) is 0 Å². The molecule has 1 aromatic carbocycles. The average molecular weight is 288 g/mol. The SMILES string of the molecule is CC1(C)CCCCC1NC(=O)C(CN)Cc1ccccc1. The Morgan fingerprint density at radius 2 is 2.05 bits per heavy atom. The largest absolute Gasteiger partial charge is 0.353 e. The Balaban J connectivity index is 1.97. The van der Waals surface area contributed by atoms with Gasteiger partial charge in [0.1, 0.15) is 0 Å². The highest BCUT2D eigenvalue weighted by atomic mass is 16.2. The number of benzene rings is 1. The fourth-order valence-corrected chi connectivity index (χ4v) is 3.23. The van der Waals surface area contributed by atoms with Crippen molar-refractivity contribution in [2.24, 2.45) is 17.1 Å². The second kappa shape index (κ2) is 7.08. The molecule has 2 rings (SSSR count). The summed E-state index contributed by atoms with van der Waals surface area (Å²) >= 11 is 0. The monoisotopic (exact) mass is 288 g/mol. The molecule has 0 heterocycles. The van der Waals surface area contributed by atoms with Gasteiger partial charge in [-0.2, -0.15) is 0 Å². The zero-order valence-corrected chi connectivity index (χ0v) is 13.3. The Morgan fingerprint density at radius 3 is 2.67 bits per heavy atom. The molecule has 3 heteroatoms. The summed E-state index contributed by atoms with van der Waals surface area (Å²) in [4.78, 5) is 12.5. The van der Waals surface area contributed by atoms with Crippen molar-refractivity contribution >= 4 is 5.91 Å². The fraction of sp³-hybridized carbons (Fsp3) is 0.611. The summed E-state index contributed by atoms with van der Waals surface area (Å²) in [6, 6.07) is 10.4. The molecule has 1 saturated carbocycles. The third-order valence-electron chi connectivity index (χ3n) is 4.80. The zero-order valence-electron chi connectivity index (χ0n) is 13.3. The third-order valence-corrected chi connectivity index (χ3v) is 4.80. The minimum absolute atomic E-state index is 0.112. The van der Waals surface area contributed by atoms with Crippen molar-refractivity contribution in [1.82, 2.24) is 5.32 Å². The highest BCUT2D eigenvalue weighted by Crippen LogP contribution is 2.35. The van der Waals surface area contributed by atoms with Crippen molar-refractivity contribution in [3.05, 3.63) is 35.9 Å². The highest BCUT2D eigenvalue weighted by Gasteiger charge is 2.34. The molecule has 0 aromatic heterocycles. The van der Waals surface area contributed by atoms with Gasteiger partial charge in [0.15, 0.2) is 0 Å². The molecule has 1 aromatic rings. The molecule has 3 N–H and O–H groups in total. The summed E-state index contributed by atoms with van der Waals surface area (Å²) < 4.78 is 0. The fourth-order valence-electron chi connectivity index (χ4n) is 3.23. The number of hydrogen-bond donors (Lipinski definition) is 2. The Kier molecular flexibility index (Phi) is 5.40. The van der Waals surface area contributed by atoms with Gasteiger partial charge in [-0.3, -0.25) is 4.79 Å². The molecule has 3 nitrogen and oxygen atoms in total. The maximum absolute atomic E-state index is 12.5. The first-order valence-electron chi connectivity index (χ1n) is 8.07. The molecule has 2 unspecified atom stereocenters. The van der Waals surface area contributed by atoms with E-state index in [4.69, 9.17) is 5.73 Å². The van der Waals surface area contributed by atoms with Crippen molar-refractivity contribution in [2.75, 3.05) is 6.54 Å². The van der Waals surface area contributed by atoms with Gasteiger partial charge in [0, 0.05) is 12.6 Å². The van der Waals surface area contributed by atoms with E-state index in [9.17, 15) is 4.79 Å². The maximum atomic E-state index is 12.5. The molecule has 1 aliphatic rings. The van der Waals surface area contributed by atoms with E-state index in [0.29, 0.717) is 6.54 Å². The Morgan fingerprint density at radius 1 is 1.33 bits per heavy atom. The number of rotatable bonds is 5. The molecule has 2 atom stereocenters. The van der Waals surface area contributed by atoms with Gasteiger partial charge in [-0.25, -0.2) is 0 Å². The summed E-state index contributed by atoms with van der Waals surface area (Å²) in [5.41, 5.74) is 7.20. The first-order chi connectivity index (χ1) is 10.0. The number of nitrogens with one attached hydrogen (secondary N) is 1. The molecule has 21 heavy (non-hydrogen) atoms. The van der Waals surface area contributed by atoms with Crippen molar-refractivity contribution in [2.45, 2.75) is 52.0 Å². The van der Waals surface area contributed by atoms with Crippen LogP contribution < -0.4 is 11.1 Å². The van der Waals surface area contributed by atoms with E-state index >= 15 is 0 Å². The minimum atomic E-state index is -0.134. The molecular formula is C18H28N2O. The Bertz CT molecular complexity index is 456. The number of amides is 1. The van der Waals surface area contributed by atoms with E-state index < -0.39 is 0 Å². The first-order valence-corrected chi connectivity index (χ1v) is 8.07. The third kappa shape index (κ3) is 4.31. The maximum Gasteiger partial charge on any atom is 0.224 e. The van der Waals surface area contributed by atoms with E-state index in [-0.39, 0.29) is 23.3 Å². The normalized spacial score (nSPS) is 22.5. The van der Waals surface area contributed by atoms with Crippen LogP contribution in [0.2, 0.25) is 0 Å². The van der Waals surface area contributed by atoms with Gasteiger partial charge in [-0.05, 0) is 30.2 Å². The lowest BCUT2D eigenvalue weighted by Crippen LogP contribution is -2.50. The van der Waals surface area contributed by atoms with Crippen molar-refractivity contribution in [3.8, 4) is 0 Å². The van der Waals surface area contributed by atoms with E-state index in [1.807, 2.05) is 18.2 Å². The average Bonchev–Trinajstić information content (AvgIpc) is 2.48. The first kappa shape index (κ1) is 16.0. The summed E-state index contributed by atoms with van der Waals surface area (Å²) in [5.74, 6) is -0.0218. The van der Waals surface area contributed by atoms with E-state index in [1.165, 1.54) is 24.8 Å². The second-order valence-corrected chi connectivity index (χ2v) is 6.92. The summed E-state index contributed by atoms with van der Waals surface area (Å²) in [6.45, 7) is 4.91. The van der Waals surface area contributed by atoms with Crippen LogP contribution in [0.25, 0.3) is 0 Å². The van der Waals surface area contributed by atoms with Crippen LogP contribution >= 0.6 is 0 Å². The minimum Gasteiger partial charge on any atom is -0.353 e. The number of hydrogen-bond acceptors (Lipinski definition) is 2. The van der Waals surface area contributed by atoms with Crippen LogP contribution in [0.15, 0.2) is 30.3 Å². The van der Waals surface area contributed by atoms with Gasteiger partial charge in [0.2, 0.25) is 5.91 Å². The summed E-state index contributed by atoms with van der Waals surface area (Å²) in [5, 5.41) is 3.26. The van der Waals surface area contributed by atoms with Gasteiger partial charge >= 0.3 is 0 Å². The number of carbonyl (C=O) groups is 1. The van der Waals surface area contributed by atoms with Gasteiger partial charge < -0.3 is 11.1 Å². The summed E-state index contributed by atoms with van der Waals surface area (Å²) in [7, 11) is 0. The van der Waals surface area contributed by atoms with Crippen LogP contribution in [0, 0.1) is 11.3 Å². The van der Waals surface area contributed by atoms with Crippen molar-refractivity contribution in [1.29, 1.82) is 0 Å². The van der Waals surface area contributed by atoms with Crippen LogP contribution in [0.4, 0.5) is 0 Å². The van der Waals surface area contributed by atoms with Crippen LogP contribution in [-0.4, -0.2) is 18.5 Å². The molecule has 1 fully saturated rings. The van der Waals surface area contributed by atoms with Crippen LogP contribution in [0.3, 0.4) is 0 Å². The molecule has 116 valence electrons. The molecule has 1 aliphatic carbocycles. The molecule has 0 radical (unpaired) electrons. The van der Waals surface area contributed by atoms with E-state index in [1.54, 1.807) is 0 Å².